The van der Waals surface area contributed by atoms with Crippen molar-refractivity contribution in [2.24, 2.45) is 0 Å². The van der Waals surface area contributed by atoms with Crippen LogP contribution in [0.3, 0.4) is 0 Å². The molecule has 7 heteroatoms. The van der Waals surface area contributed by atoms with E-state index in [0.717, 1.165) is 11.8 Å². The lowest BCUT2D eigenvalue weighted by atomic mass is 10.0. The Morgan fingerprint density at radius 1 is 1.00 bits per heavy atom. The fourth-order valence-corrected chi connectivity index (χ4v) is 2.29. The maximum atomic E-state index is 9.53. The van der Waals surface area contributed by atoms with Gasteiger partial charge in [0.1, 0.15) is 29.9 Å². The standard InChI is InChI=1S/C8H16O6S/c9-1-2-15-8-7(13)6(12)5(11)4(3-10)14-8/h4-13H,1-3H2/t4-,5-,6+,7+,8-/m1/s1. The summed E-state index contributed by atoms with van der Waals surface area (Å²) in [4.78, 5) is 0. The first-order chi connectivity index (χ1) is 7.11. The van der Waals surface area contributed by atoms with E-state index >= 15 is 0 Å². The maximum absolute atomic E-state index is 9.53. The topological polar surface area (TPSA) is 110 Å². The van der Waals surface area contributed by atoms with Gasteiger partial charge >= 0.3 is 0 Å². The van der Waals surface area contributed by atoms with Gasteiger partial charge in [-0.3, -0.25) is 0 Å². The molecule has 0 unspecified atom stereocenters. The third-order valence-corrected chi connectivity index (χ3v) is 3.36. The highest BCUT2D eigenvalue weighted by Crippen LogP contribution is 2.27. The van der Waals surface area contributed by atoms with Gasteiger partial charge in [0.25, 0.3) is 0 Å². The first-order valence-corrected chi connectivity index (χ1v) is 5.69. The molecule has 1 aliphatic rings. The van der Waals surface area contributed by atoms with Gasteiger partial charge in [0.05, 0.1) is 13.2 Å². The molecule has 5 N–H and O–H groups in total. The molecule has 5 atom stereocenters. The molecule has 0 amide bonds. The fourth-order valence-electron chi connectivity index (χ4n) is 1.37. The smallest absolute Gasteiger partial charge is 0.132 e. The van der Waals surface area contributed by atoms with Crippen LogP contribution in [0.15, 0.2) is 0 Å². The fraction of sp³-hybridized carbons (Fsp3) is 1.00. The monoisotopic (exact) mass is 240 g/mol. The van der Waals surface area contributed by atoms with Crippen molar-refractivity contribution in [1.29, 1.82) is 0 Å². The molecule has 0 radical (unpaired) electrons. The molecule has 1 fully saturated rings. The highest BCUT2D eigenvalue weighted by molar-refractivity contribution is 7.99. The third kappa shape index (κ3) is 3.04. The van der Waals surface area contributed by atoms with Gasteiger partial charge in [-0.15, -0.1) is 11.8 Å². The molecule has 0 aromatic carbocycles. The third-order valence-electron chi connectivity index (χ3n) is 2.22. The summed E-state index contributed by atoms with van der Waals surface area (Å²) in [7, 11) is 0. The molecule has 1 rings (SSSR count). The average Bonchev–Trinajstić information content (AvgIpc) is 2.25. The van der Waals surface area contributed by atoms with Gasteiger partial charge in [0, 0.05) is 5.75 Å². The van der Waals surface area contributed by atoms with Crippen molar-refractivity contribution in [3.05, 3.63) is 0 Å². The van der Waals surface area contributed by atoms with Crippen molar-refractivity contribution in [3.8, 4) is 0 Å². The van der Waals surface area contributed by atoms with Crippen molar-refractivity contribution in [3.63, 3.8) is 0 Å². The zero-order valence-corrected chi connectivity index (χ0v) is 8.88. The Morgan fingerprint density at radius 3 is 2.20 bits per heavy atom. The summed E-state index contributed by atoms with van der Waals surface area (Å²) in [6, 6.07) is 0. The van der Waals surface area contributed by atoms with E-state index < -0.39 is 36.5 Å². The first-order valence-electron chi connectivity index (χ1n) is 4.64. The minimum Gasteiger partial charge on any atom is -0.396 e. The lowest BCUT2D eigenvalue weighted by Gasteiger charge is -2.39. The van der Waals surface area contributed by atoms with Crippen LogP contribution in [-0.4, -0.2) is 74.4 Å². The van der Waals surface area contributed by atoms with Crippen LogP contribution in [0, 0.1) is 0 Å². The first kappa shape index (κ1) is 13.2. The van der Waals surface area contributed by atoms with Gasteiger partial charge < -0.3 is 30.3 Å². The van der Waals surface area contributed by atoms with Gasteiger partial charge in [-0.05, 0) is 0 Å². The molecule has 6 nitrogen and oxygen atoms in total. The Balaban J connectivity index is 2.57. The second-order valence-corrected chi connectivity index (χ2v) is 4.50. The van der Waals surface area contributed by atoms with E-state index in [1.54, 1.807) is 0 Å². The number of aliphatic hydroxyl groups excluding tert-OH is 5. The second-order valence-electron chi connectivity index (χ2n) is 3.29. The molecule has 0 aliphatic carbocycles. The van der Waals surface area contributed by atoms with Crippen LogP contribution in [0.4, 0.5) is 0 Å². The van der Waals surface area contributed by atoms with Crippen LogP contribution in [-0.2, 0) is 4.74 Å². The largest absolute Gasteiger partial charge is 0.396 e. The maximum Gasteiger partial charge on any atom is 0.132 e. The van der Waals surface area contributed by atoms with E-state index in [2.05, 4.69) is 0 Å². The molecule has 1 heterocycles. The lowest BCUT2D eigenvalue weighted by Crippen LogP contribution is -2.57. The van der Waals surface area contributed by atoms with Crippen LogP contribution >= 0.6 is 11.8 Å². The molecule has 0 aromatic rings. The van der Waals surface area contributed by atoms with Gasteiger partial charge in [-0.25, -0.2) is 0 Å². The summed E-state index contributed by atoms with van der Waals surface area (Å²) < 4.78 is 5.17. The van der Waals surface area contributed by atoms with Crippen molar-refractivity contribution >= 4 is 11.8 Å². The summed E-state index contributed by atoms with van der Waals surface area (Å²) in [5.74, 6) is 0.350. The minimum absolute atomic E-state index is 0.0698. The normalized spacial score (nSPS) is 41.8. The molecule has 0 bridgehead atoms. The Hall–Kier alpha value is 0.110. The quantitative estimate of drug-likeness (QED) is 0.370. The minimum atomic E-state index is -1.34. The van der Waals surface area contributed by atoms with Crippen molar-refractivity contribution in [2.45, 2.75) is 29.9 Å². The van der Waals surface area contributed by atoms with Crippen molar-refractivity contribution in [2.75, 3.05) is 19.0 Å². The molecular weight excluding hydrogens is 224 g/mol. The van der Waals surface area contributed by atoms with E-state index in [4.69, 9.17) is 14.9 Å². The van der Waals surface area contributed by atoms with Crippen LogP contribution in [0.1, 0.15) is 0 Å². The number of aliphatic hydroxyl groups is 5. The predicted molar refractivity (Wildman–Crippen MR) is 53.3 cm³/mol. The molecule has 1 saturated heterocycles. The van der Waals surface area contributed by atoms with E-state index in [9.17, 15) is 15.3 Å². The Kier molecular flexibility index (Phi) is 5.27. The second kappa shape index (κ2) is 6.00. The summed E-state index contributed by atoms with van der Waals surface area (Å²) in [6.07, 6.45) is -4.76. The van der Waals surface area contributed by atoms with Gasteiger partial charge in [0.15, 0.2) is 0 Å². The van der Waals surface area contributed by atoms with E-state index in [1.807, 2.05) is 0 Å². The molecule has 90 valence electrons. The van der Waals surface area contributed by atoms with Crippen molar-refractivity contribution < 1.29 is 30.3 Å². The molecule has 0 spiro atoms. The van der Waals surface area contributed by atoms with Gasteiger partial charge in [0.2, 0.25) is 0 Å². The van der Waals surface area contributed by atoms with E-state index in [1.165, 1.54) is 0 Å². The van der Waals surface area contributed by atoms with E-state index in [-0.39, 0.29) is 6.61 Å². The van der Waals surface area contributed by atoms with Crippen LogP contribution in [0.25, 0.3) is 0 Å². The van der Waals surface area contributed by atoms with Crippen LogP contribution in [0.2, 0.25) is 0 Å². The average molecular weight is 240 g/mol. The van der Waals surface area contributed by atoms with Crippen LogP contribution < -0.4 is 0 Å². The number of ether oxygens (including phenoxy) is 1. The molecular formula is C8H16O6S. The number of hydrogen-bond acceptors (Lipinski definition) is 7. The van der Waals surface area contributed by atoms with Gasteiger partial charge in [-0.2, -0.15) is 0 Å². The summed E-state index contributed by atoms with van der Waals surface area (Å²) >= 11 is 1.13. The zero-order chi connectivity index (χ0) is 11.4. The highest BCUT2D eigenvalue weighted by atomic mass is 32.2. The molecule has 0 aromatic heterocycles. The van der Waals surface area contributed by atoms with Gasteiger partial charge in [-0.1, -0.05) is 0 Å². The molecule has 0 saturated carbocycles. The number of thioether (sulfide) groups is 1. The zero-order valence-electron chi connectivity index (χ0n) is 8.06. The van der Waals surface area contributed by atoms with Crippen molar-refractivity contribution in [1.82, 2.24) is 0 Å². The Morgan fingerprint density at radius 2 is 1.67 bits per heavy atom. The van der Waals surface area contributed by atoms with Crippen LogP contribution in [0.5, 0.6) is 0 Å². The summed E-state index contributed by atoms with van der Waals surface area (Å²) in [5.41, 5.74) is -0.743. The SMILES string of the molecule is OCCS[C@H]1O[C@H](CO)[C@@H](O)[C@H](O)[C@@H]1O. The highest BCUT2D eigenvalue weighted by Gasteiger charge is 2.43. The Labute approximate surface area is 91.5 Å². The summed E-state index contributed by atoms with van der Waals surface area (Å²) in [5, 5.41) is 45.9. The van der Waals surface area contributed by atoms with E-state index in [0.29, 0.717) is 5.75 Å². The Bertz CT molecular complexity index is 190. The predicted octanol–water partition coefficient (Wildman–Crippen LogP) is -2.49. The number of rotatable bonds is 4. The summed E-state index contributed by atoms with van der Waals surface area (Å²) in [6.45, 7) is -0.499. The molecule has 1 aliphatic heterocycles. The molecule has 15 heavy (non-hydrogen) atoms. The number of hydrogen-bond donors (Lipinski definition) is 5. The lowest BCUT2D eigenvalue weighted by molar-refractivity contribution is -0.205.